The van der Waals surface area contributed by atoms with Crippen LogP contribution in [0, 0.1) is 5.92 Å². The van der Waals surface area contributed by atoms with E-state index in [2.05, 4.69) is 22.5 Å². The summed E-state index contributed by atoms with van der Waals surface area (Å²) < 4.78 is 2.03. The zero-order chi connectivity index (χ0) is 17.8. The van der Waals surface area contributed by atoms with Gasteiger partial charge in [-0.1, -0.05) is 31.9 Å². The Kier molecular flexibility index (Phi) is 5.36. The van der Waals surface area contributed by atoms with Gasteiger partial charge in [-0.3, -0.25) is 14.9 Å². The number of hydrogen-bond donors (Lipinski definition) is 2. The minimum absolute atomic E-state index is 0.172. The van der Waals surface area contributed by atoms with E-state index >= 15 is 0 Å². The summed E-state index contributed by atoms with van der Waals surface area (Å²) in [5.41, 5.74) is 1.87. The first-order chi connectivity index (χ1) is 12.1. The van der Waals surface area contributed by atoms with E-state index in [-0.39, 0.29) is 17.7 Å². The molecular formula is C19H26N4O2. The number of carbonyl (C=O) groups is 2. The van der Waals surface area contributed by atoms with Crippen LogP contribution in [0.25, 0.3) is 11.0 Å². The first kappa shape index (κ1) is 17.5. The van der Waals surface area contributed by atoms with Crippen molar-refractivity contribution in [3.8, 4) is 0 Å². The Hall–Kier alpha value is -2.37. The van der Waals surface area contributed by atoms with Crippen molar-refractivity contribution in [2.45, 2.75) is 58.5 Å². The molecule has 1 aromatic carbocycles. The van der Waals surface area contributed by atoms with Crippen molar-refractivity contribution in [3.05, 3.63) is 24.3 Å². The Morgan fingerprint density at radius 1 is 1.28 bits per heavy atom. The molecule has 2 aromatic rings. The maximum atomic E-state index is 12.9. The molecule has 2 amide bonds. The molecule has 1 saturated carbocycles. The lowest BCUT2D eigenvalue weighted by molar-refractivity contribution is -0.126. The van der Waals surface area contributed by atoms with Gasteiger partial charge in [0, 0.05) is 13.5 Å². The predicted octanol–water partition coefficient (Wildman–Crippen LogP) is 3.08. The molecule has 0 spiro atoms. The van der Waals surface area contributed by atoms with Crippen LogP contribution in [0.2, 0.25) is 0 Å². The third-order valence-corrected chi connectivity index (χ3v) is 4.85. The molecule has 1 fully saturated rings. The summed E-state index contributed by atoms with van der Waals surface area (Å²) in [6.45, 7) is 4.34. The van der Waals surface area contributed by atoms with Gasteiger partial charge in [-0.25, -0.2) is 4.98 Å². The quantitative estimate of drug-likeness (QED) is 0.847. The number of amides is 2. The Morgan fingerprint density at radius 3 is 2.68 bits per heavy atom. The minimum Gasteiger partial charge on any atom is -0.344 e. The minimum atomic E-state index is -0.491. The molecule has 0 bridgehead atoms. The third-order valence-electron chi connectivity index (χ3n) is 4.85. The van der Waals surface area contributed by atoms with Gasteiger partial charge in [-0.15, -0.1) is 0 Å². The Labute approximate surface area is 148 Å². The van der Waals surface area contributed by atoms with E-state index in [1.807, 2.05) is 28.8 Å². The maximum absolute atomic E-state index is 12.9. The lowest BCUT2D eigenvalue weighted by Crippen LogP contribution is -2.47. The van der Waals surface area contributed by atoms with Crippen molar-refractivity contribution in [3.63, 3.8) is 0 Å². The number of anilines is 1. The first-order valence-electron chi connectivity index (χ1n) is 9.13. The summed E-state index contributed by atoms with van der Waals surface area (Å²) in [6.07, 6.45) is 5.12. The standard InChI is InChI=1S/C19H26N4O2/c1-3-12-23-16-11-7-6-10-15(16)21-19(23)22-18(25)17(20-13(2)24)14-8-4-5-9-14/h6-7,10-11,14,17H,3-5,8-9,12H2,1-2H3,(H,20,24)(H,21,22,25). The molecule has 25 heavy (non-hydrogen) atoms. The molecular weight excluding hydrogens is 316 g/mol. The van der Waals surface area contributed by atoms with Crippen LogP contribution in [-0.2, 0) is 16.1 Å². The van der Waals surface area contributed by atoms with E-state index in [1.165, 1.54) is 6.92 Å². The van der Waals surface area contributed by atoms with Crippen LogP contribution in [0.4, 0.5) is 5.95 Å². The van der Waals surface area contributed by atoms with E-state index in [0.717, 1.165) is 49.7 Å². The number of benzene rings is 1. The fourth-order valence-electron chi connectivity index (χ4n) is 3.72. The molecule has 1 unspecified atom stereocenters. The van der Waals surface area contributed by atoms with Crippen molar-refractivity contribution in [1.82, 2.24) is 14.9 Å². The number of nitrogens with one attached hydrogen (secondary N) is 2. The summed E-state index contributed by atoms with van der Waals surface area (Å²) in [5, 5.41) is 5.80. The van der Waals surface area contributed by atoms with Gasteiger partial charge in [0.2, 0.25) is 17.8 Å². The average molecular weight is 342 g/mol. The van der Waals surface area contributed by atoms with Crippen molar-refractivity contribution in [2.75, 3.05) is 5.32 Å². The molecule has 1 atom stereocenters. The lowest BCUT2D eigenvalue weighted by Gasteiger charge is -2.23. The van der Waals surface area contributed by atoms with Crippen molar-refractivity contribution < 1.29 is 9.59 Å². The number of rotatable bonds is 6. The summed E-state index contributed by atoms with van der Waals surface area (Å²) in [5.74, 6) is 0.415. The van der Waals surface area contributed by atoms with E-state index in [1.54, 1.807) is 0 Å². The summed E-state index contributed by atoms with van der Waals surface area (Å²) in [7, 11) is 0. The van der Waals surface area contributed by atoms with Crippen LogP contribution in [-0.4, -0.2) is 27.4 Å². The van der Waals surface area contributed by atoms with Crippen LogP contribution >= 0.6 is 0 Å². The van der Waals surface area contributed by atoms with Crippen LogP contribution in [0.5, 0.6) is 0 Å². The van der Waals surface area contributed by atoms with Crippen molar-refractivity contribution >= 4 is 28.8 Å². The summed E-state index contributed by atoms with van der Waals surface area (Å²) in [6, 6.07) is 7.38. The molecule has 2 N–H and O–H groups in total. The second kappa shape index (κ2) is 7.68. The molecule has 3 rings (SSSR count). The second-order valence-corrected chi connectivity index (χ2v) is 6.79. The molecule has 0 aliphatic heterocycles. The Bertz CT molecular complexity index is 762. The molecule has 6 nitrogen and oxygen atoms in total. The molecule has 0 radical (unpaired) electrons. The van der Waals surface area contributed by atoms with Crippen LogP contribution in [0.3, 0.4) is 0 Å². The third kappa shape index (κ3) is 3.83. The molecule has 134 valence electrons. The van der Waals surface area contributed by atoms with Gasteiger partial charge in [0.15, 0.2) is 0 Å². The smallest absolute Gasteiger partial charge is 0.249 e. The van der Waals surface area contributed by atoms with E-state index in [4.69, 9.17) is 0 Å². The number of carbonyl (C=O) groups excluding carboxylic acids is 2. The second-order valence-electron chi connectivity index (χ2n) is 6.79. The Balaban J connectivity index is 1.86. The molecule has 1 aliphatic carbocycles. The number of para-hydroxylation sites is 2. The van der Waals surface area contributed by atoms with Crippen LogP contribution in [0.1, 0.15) is 46.0 Å². The highest BCUT2D eigenvalue weighted by Crippen LogP contribution is 2.29. The average Bonchev–Trinajstić information content (AvgIpc) is 3.22. The molecule has 0 saturated heterocycles. The van der Waals surface area contributed by atoms with Crippen LogP contribution < -0.4 is 10.6 Å². The normalized spacial score (nSPS) is 16.1. The number of nitrogens with zero attached hydrogens (tertiary/aromatic N) is 2. The van der Waals surface area contributed by atoms with Gasteiger partial charge in [0.1, 0.15) is 6.04 Å². The number of hydrogen-bond acceptors (Lipinski definition) is 3. The number of fused-ring (bicyclic) bond motifs is 1. The van der Waals surface area contributed by atoms with E-state index in [9.17, 15) is 9.59 Å². The van der Waals surface area contributed by atoms with Gasteiger partial charge in [-0.2, -0.15) is 0 Å². The topological polar surface area (TPSA) is 76.0 Å². The van der Waals surface area contributed by atoms with Gasteiger partial charge < -0.3 is 9.88 Å². The number of aromatic nitrogens is 2. The van der Waals surface area contributed by atoms with Gasteiger partial charge >= 0.3 is 0 Å². The lowest BCUT2D eigenvalue weighted by atomic mass is 9.97. The summed E-state index contributed by atoms with van der Waals surface area (Å²) >= 11 is 0. The predicted molar refractivity (Wildman–Crippen MR) is 98.2 cm³/mol. The summed E-state index contributed by atoms with van der Waals surface area (Å²) in [4.78, 5) is 29.0. The number of imidazole rings is 1. The molecule has 1 aromatic heterocycles. The largest absolute Gasteiger partial charge is 0.344 e. The molecule has 1 heterocycles. The zero-order valence-corrected chi connectivity index (χ0v) is 14.9. The molecule has 1 aliphatic rings. The number of aryl methyl sites for hydroxylation is 1. The van der Waals surface area contributed by atoms with E-state index in [0.29, 0.717) is 5.95 Å². The van der Waals surface area contributed by atoms with Gasteiger partial charge in [0.05, 0.1) is 11.0 Å². The van der Waals surface area contributed by atoms with Crippen LogP contribution in [0.15, 0.2) is 24.3 Å². The monoisotopic (exact) mass is 342 g/mol. The van der Waals surface area contributed by atoms with Gasteiger partial charge in [0.25, 0.3) is 0 Å². The van der Waals surface area contributed by atoms with Crippen molar-refractivity contribution in [1.29, 1.82) is 0 Å². The van der Waals surface area contributed by atoms with E-state index < -0.39 is 6.04 Å². The molecule has 6 heteroatoms. The first-order valence-corrected chi connectivity index (χ1v) is 9.13. The fraction of sp³-hybridized carbons (Fsp3) is 0.526. The van der Waals surface area contributed by atoms with Crippen molar-refractivity contribution in [2.24, 2.45) is 5.92 Å². The zero-order valence-electron chi connectivity index (χ0n) is 14.9. The fourth-order valence-corrected chi connectivity index (χ4v) is 3.72. The van der Waals surface area contributed by atoms with Gasteiger partial charge in [-0.05, 0) is 37.3 Å². The SMILES string of the molecule is CCCn1c(NC(=O)C(NC(C)=O)C2CCCC2)nc2ccccc21. The highest BCUT2D eigenvalue weighted by atomic mass is 16.2. The highest BCUT2D eigenvalue weighted by Gasteiger charge is 2.32. The highest BCUT2D eigenvalue weighted by molar-refractivity contribution is 5.97. The maximum Gasteiger partial charge on any atom is 0.249 e. The Morgan fingerprint density at radius 2 is 2.00 bits per heavy atom.